The Hall–Kier alpha value is -2.91. The molecule has 0 heterocycles. The minimum absolute atomic E-state index is 0. The highest BCUT2D eigenvalue weighted by Gasteiger charge is 2.19. The third-order valence-corrected chi connectivity index (χ3v) is 4.02. The molecule has 3 amide bonds. The van der Waals surface area contributed by atoms with Gasteiger partial charge in [-0.05, 0) is 30.7 Å². The van der Waals surface area contributed by atoms with Crippen molar-refractivity contribution in [3.63, 3.8) is 0 Å². The molecule has 0 radical (unpaired) electrons. The molecule has 0 aliphatic heterocycles. The zero-order chi connectivity index (χ0) is 21.6. The lowest BCUT2D eigenvalue weighted by atomic mass is 10.2. The Balaban J connectivity index is 0.00000450. The molecule has 30 heavy (non-hydrogen) atoms. The molecule has 0 saturated carbocycles. The fraction of sp³-hybridized carbons (Fsp3) is 0.211. The number of hydrogen-bond donors (Lipinski definition) is 3. The van der Waals surface area contributed by atoms with E-state index in [2.05, 4.69) is 5.32 Å². The summed E-state index contributed by atoms with van der Waals surface area (Å²) >= 11 is 12.1. The molecule has 0 fully saturated rings. The predicted octanol–water partition coefficient (Wildman–Crippen LogP) is 5.11. The first kappa shape index (κ1) is 25.1. The average molecular weight is 463 g/mol. The first-order chi connectivity index (χ1) is 13.7. The van der Waals surface area contributed by atoms with Gasteiger partial charge in [0, 0.05) is 12.1 Å². The average Bonchev–Trinajstić information content (AvgIpc) is 2.59. The van der Waals surface area contributed by atoms with Crippen molar-refractivity contribution in [2.75, 3.05) is 11.9 Å². The number of carboxylic acids is 1. The van der Waals surface area contributed by atoms with Gasteiger partial charge >= 0.3 is 12.0 Å². The number of hydrogen-bond acceptors (Lipinski definition) is 4. The van der Waals surface area contributed by atoms with Gasteiger partial charge in [-0.3, -0.25) is 14.9 Å². The van der Waals surface area contributed by atoms with Gasteiger partial charge in [0.2, 0.25) is 0 Å². The fourth-order valence-electron chi connectivity index (χ4n) is 2.21. The maximum Gasteiger partial charge on any atom is 0.326 e. The summed E-state index contributed by atoms with van der Waals surface area (Å²) in [6.07, 6.45) is 0.144. The zero-order valence-corrected chi connectivity index (χ0v) is 16.1. The molecule has 0 saturated heterocycles. The van der Waals surface area contributed by atoms with Crippen LogP contribution in [0.4, 0.5) is 19.3 Å². The molecule has 0 bridgehead atoms. The maximum absolute atomic E-state index is 13.6. The zero-order valence-electron chi connectivity index (χ0n) is 14.6. The van der Waals surface area contributed by atoms with E-state index >= 15 is 0 Å². The second kappa shape index (κ2) is 11.3. The quantitative estimate of drug-likeness (QED) is 0.495. The number of halogens is 4. The SMILES string of the molecule is C.O=C(O)CCCOc1c(Cl)cc(NC(=O)NC(=O)c2c(F)cccc2F)cc1Cl. The molecule has 0 aliphatic rings. The molecule has 0 aliphatic carbocycles. The lowest BCUT2D eigenvalue weighted by molar-refractivity contribution is -0.137. The molecule has 0 aromatic heterocycles. The van der Waals surface area contributed by atoms with Crippen molar-refractivity contribution < 1.29 is 33.0 Å². The Morgan fingerprint density at radius 2 is 1.63 bits per heavy atom. The van der Waals surface area contributed by atoms with Gasteiger partial charge in [0.1, 0.15) is 17.2 Å². The summed E-state index contributed by atoms with van der Waals surface area (Å²) in [5, 5.41) is 12.7. The van der Waals surface area contributed by atoms with E-state index in [1.54, 1.807) is 5.32 Å². The van der Waals surface area contributed by atoms with Crippen LogP contribution in [0.1, 0.15) is 30.6 Å². The number of urea groups is 1. The Kier molecular flexibility index (Phi) is 9.48. The third kappa shape index (κ3) is 6.85. The van der Waals surface area contributed by atoms with Gasteiger partial charge in [0.15, 0.2) is 5.75 Å². The van der Waals surface area contributed by atoms with Crippen LogP contribution in [0.25, 0.3) is 0 Å². The predicted molar refractivity (Wildman–Crippen MR) is 108 cm³/mol. The van der Waals surface area contributed by atoms with E-state index in [4.69, 9.17) is 33.0 Å². The normalized spacial score (nSPS) is 10.0. The lowest BCUT2D eigenvalue weighted by Gasteiger charge is -2.12. The summed E-state index contributed by atoms with van der Waals surface area (Å²) in [6, 6.07) is 4.31. The summed E-state index contributed by atoms with van der Waals surface area (Å²) in [7, 11) is 0. The summed E-state index contributed by atoms with van der Waals surface area (Å²) in [6.45, 7) is 0.0572. The van der Waals surface area contributed by atoms with Gasteiger partial charge in [-0.15, -0.1) is 0 Å². The Morgan fingerprint density at radius 3 is 2.17 bits per heavy atom. The first-order valence-corrected chi connectivity index (χ1v) is 8.84. The second-order valence-corrected chi connectivity index (χ2v) is 6.43. The Morgan fingerprint density at radius 1 is 1.07 bits per heavy atom. The smallest absolute Gasteiger partial charge is 0.326 e. The number of carbonyl (C=O) groups excluding carboxylic acids is 2. The first-order valence-electron chi connectivity index (χ1n) is 8.09. The molecule has 0 unspecified atom stereocenters. The van der Waals surface area contributed by atoms with E-state index in [1.165, 1.54) is 12.1 Å². The summed E-state index contributed by atoms with van der Waals surface area (Å²) in [4.78, 5) is 34.3. The van der Waals surface area contributed by atoms with Crippen LogP contribution in [0.5, 0.6) is 5.75 Å². The van der Waals surface area contributed by atoms with Crippen LogP contribution < -0.4 is 15.4 Å². The molecule has 2 aromatic carbocycles. The minimum atomic E-state index is -1.27. The summed E-state index contributed by atoms with van der Waals surface area (Å²) in [5.41, 5.74) is -0.819. The number of rotatable bonds is 7. The summed E-state index contributed by atoms with van der Waals surface area (Å²) in [5.74, 6) is -4.39. The van der Waals surface area contributed by atoms with Crippen LogP contribution in [-0.4, -0.2) is 29.6 Å². The standard InChI is InChI=1S/C18H14Cl2F2N2O5.CH4/c19-10-7-9(8-11(20)16(10)29-6-2-5-14(25)26)23-18(28)24-17(27)15-12(21)3-1-4-13(15)22;/h1,3-4,7-8H,2,5-6H2,(H,25,26)(H2,23,24,27,28);1H4. The van der Waals surface area contributed by atoms with E-state index < -0.39 is 35.1 Å². The molecule has 3 N–H and O–H groups in total. The molecule has 0 spiro atoms. The highest BCUT2D eigenvalue weighted by Crippen LogP contribution is 2.36. The lowest BCUT2D eigenvalue weighted by Crippen LogP contribution is -2.35. The molecular formula is C19H18Cl2F2N2O5. The number of nitrogens with one attached hydrogen (secondary N) is 2. The van der Waals surface area contributed by atoms with Gasteiger partial charge in [0.25, 0.3) is 5.91 Å². The topological polar surface area (TPSA) is 105 Å². The monoisotopic (exact) mass is 462 g/mol. The number of carboxylic acid groups (broad SMARTS) is 1. The molecule has 2 rings (SSSR count). The molecule has 162 valence electrons. The number of amides is 3. The van der Waals surface area contributed by atoms with Crippen molar-refractivity contribution in [3.05, 3.63) is 57.6 Å². The van der Waals surface area contributed by atoms with Crippen molar-refractivity contribution in [3.8, 4) is 5.75 Å². The van der Waals surface area contributed by atoms with Crippen molar-refractivity contribution >= 4 is 46.8 Å². The fourth-order valence-corrected chi connectivity index (χ4v) is 2.81. The van der Waals surface area contributed by atoms with E-state index in [9.17, 15) is 23.2 Å². The number of anilines is 1. The van der Waals surface area contributed by atoms with Crippen molar-refractivity contribution in [2.45, 2.75) is 20.3 Å². The third-order valence-electron chi connectivity index (χ3n) is 3.45. The van der Waals surface area contributed by atoms with Crippen LogP contribution in [0.3, 0.4) is 0 Å². The molecule has 0 atom stereocenters. The van der Waals surface area contributed by atoms with Crippen LogP contribution >= 0.6 is 23.2 Å². The Labute approximate surface area is 180 Å². The van der Waals surface area contributed by atoms with E-state index in [1.807, 2.05) is 0 Å². The van der Waals surface area contributed by atoms with E-state index in [0.29, 0.717) is 0 Å². The van der Waals surface area contributed by atoms with Gasteiger partial charge < -0.3 is 15.2 Å². The van der Waals surface area contributed by atoms with Crippen LogP contribution in [0.2, 0.25) is 10.0 Å². The highest BCUT2D eigenvalue weighted by molar-refractivity contribution is 6.37. The Bertz CT molecular complexity index is 913. The number of aliphatic carboxylic acids is 1. The largest absolute Gasteiger partial charge is 0.490 e. The van der Waals surface area contributed by atoms with Crippen LogP contribution in [0.15, 0.2) is 30.3 Å². The van der Waals surface area contributed by atoms with Crippen molar-refractivity contribution in [2.24, 2.45) is 0 Å². The van der Waals surface area contributed by atoms with Gasteiger partial charge in [-0.1, -0.05) is 36.7 Å². The van der Waals surface area contributed by atoms with E-state index in [-0.39, 0.29) is 48.4 Å². The molecule has 7 nitrogen and oxygen atoms in total. The number of ether oxygens (including phenoxy) is 1. The van der Waals surface area contributed by atoms with E-state index in [0.717, 1.165) is 18.2 Å². The molecular weight excluding hydrogens is 445 g/mol. The van der Waals surface area contributed by atoms with Crippen molar-refractivity contribution in [1.82, 2.24) is 5.32 Å². The molecule has 11 heteroatoms. The summed E-state index contributed by atoms with van der Waals surface area (Å²) < 4.78 is 32.5. The second-order valence-electron chi connectivity index (χ2n) is 5.62. The number of benzene rings is 2. The molecule has 2 aromatic rings. The van der Waals surface area contributed by atoms with Gasteiger partial charge in [-0.25, -0.2) is 13.6 Å². The number of imide groups is 1. The van der Waals surface area contributed by atoms with Gasteiger partial charge in [-0.2, -0.15) is 0 Å². The van der Waals surface area contributed by atoms with Crippen molar-refractivity contribution in [1.29, 1.82) is 0 Å². The van der Waals surface area contributed by atoms with Crippen LogP contribution in [-0.2, 0) is 4.79 Å². The minimum Gasteiger partial charge on any atom is -0.490 e. The highest BCUT2D eigenvalue weighted by atomic mass is 35.5. The van der Waals surface area contributed by atoms with Gasteiger partial charge in [0.05, 0.1) is 16.7 Å². The number of carbonyl (C=O) groups is 3. The maximum atomic E-state index is 13.6. The van der Waals surface area contributed by atoms with Crippen LogP contribution in [0, 0.1) is 11.6 Å².